The summed E-state index contributed by atoms with van der Waals surface area (Å²) in [4.78, 5) is 37.1. The van der Waals surface area contributed by atoms with Crippen LogP contribution in [0.1, 0.15) is 28.9 Å². The van der Waals surface area contributed by atoms with E-state index in [9.17, 15) is 27.6 Å². The molecular weight excluding hydrogens is 477 g/mol. The molecule has 0 saturated heterocycles. The van der Waals surface area contributed by atoms with Gasteiger partial charge in [0.15, 0.2) is 0 Å². The molecule has 3 aromatic rings. The van der Waals surface area contributed by atoms with Crippen molar-refractivity contribution in [2.75, 3.05) is 20.2 Å². The summed E-state index contributed by atoms with van der Waals surface area (Å²) in [5, 5.41) is 4.39. The van der Waals surface area contributed by atoms with Gasteiger partial charge >= 0.3 is 23.7 Å². The summed E-state index contributed by atoms with van der Waals surface area (Å²) in [5.41, 5.74) is 3.25. The van der Waals surface area contributed by atoms with Gasteiger partial charge < -0.3 is 9.64 Å². The van der Waals surface area contributed by atoms with Crippen LogP contribution in [0.3, 0.4) is 0 Å². The number of aromatic nitrogens is 3. The van der Waals surface area contributed by atoms with Crippen molar-refractivity contribution >= 4 is 11.9 Å². The molecule has 1 aliphatic heterocycles. The van der Waals surface area contributed by atoms with Gasteiger partial charge in [0.2, 0.25) is 0 Å². The van der Waals surface area contributed by atoms with Gasteiger partial charge in [-0.25, -0.2) is 9.36 Å². The highest BCUT2D eigenvalue weighted by Crippen LogP contribution is 2.24. The van der Waals surface area contributed by atoms with E-state index in [1.807, 2.05) is 12.1 Å². The fraction of sp³-hybridized carbons (Fsp3) is 0.360. The lowest BCUT2D eigenvalue weighted by molar-refractivity contribution is -0.185. The Balaban J connectivity index is 1.56. The molecule has 0 radical (unpaired) electrons. The van der Waals surface area contributed by atoms with Crippen LogP contribution in [0, 0.1) is 6.92 Å². The molecule has 11 heteroatoms. The Morgan fingerprint density at radius 3 is 2.28 bits per heavy atom. The summed E-state index contributed by atoms with van der Waals surface area (Å²) in [6, 6.07) is 12.4. The standard InChI is InChI=1S/C25H25F3N4O4/c1-16-29-32(24(35)31(16)20-7-3-17(4-8-20)5-10-22(33)36-2)21-9-6-18-11-13-30(14-12-19(18)15-21)23(34)25(26,27)28/h3-4,6-9,15H,5,10-14H2,1-2H3. The normalized spacial score (nSPS) is 13.8. The first-order valence-electron chi connectivity index (χ1n) is 11.4. The molecule has 0 N–H and O–H groups in total. The van der Waals surface area contributed by atoms with Gasteiger partial charge in [-0.05, 0) is 67.1 Å². The number of nitrogens with zero attached hydrogens (tertiary/aromatic N) is 4. The average molecular weight is 502 g/mol. The lowest BCUT2D eigenvalue weighted by Gasteiger charge is -2.21. The molecule has 1 aliphatic rings. The minimum atomic E-state index is -4.90. The molecule has 0 saturated carbocycles. The van der Waals surface area contributed by atoms with Crippen LogP contribution in [-0.2, 0) is 33.6 Å². The second-order valence-electron chi connectivity index (χ2n) is 8.56. The smallest absolute Gasteiger partial charge is 0.469 e. The molecule has 2 aromatic carbocycles. The molecule has 1 aromatic heterocycles. The van der Waals surface area contributed by atoms with Gasteiger partial charge in [-0.15, -0.1) is 5.10 Å². The van der Waals surface area contributed by atoms with Crippen LogP contribution in [-0.4, -0.2) is 57.5 Å². The van der Waals surface area contributed by atoms with Crippen LogP contribution in [0.2, 0.25) is 0 Å². The number of aryl methyl sites for hydroxylation is 2. The largest absolute Gasteiger partial charge is 0.471 e. The van der Waals surface area contributed by atoms with E-state index in [-0.39, 0.29) is 31.9 Å². The predicted molar refractivity (Wildman–Crippen MR) is 124 cm³/mol. The van der Waals surface area contributed by atoms with Crippen molar-refractivity contribution in [2.45, 2.75) is 38.8 Å². The quantitative estimate of drug-likeness (QED) is 0.501. The number of carbonyl (C=O) groups excluding carboxylic acids is 2. The summed E-state index contributed by atoms with van der Waals surface area (Å²) in [7, 11) is 1.34. The Morgan fingerprint density at radius 1 is 1.00 bits per heavy atom. The van der Waals surface area contributed by atoms with Crippen LogP contribution in [0.15, 0.2) is 47.3 Å². The van der Waals surface area contributed by atoms with Crippen LogP contribution < -0.4 is 5.69 Å². The van der Waals surface area contributed by atoms with Crippen LogP contribution in [0.5, 0.6) is 0 Å². The number of benzene rings is 2. The number of ether oxygens (including phenoxy) is 1. The lowest BCUT2D eigenvalue weighted by atomic mass is 10.0. The van der Waals surface area contributed by atoms with Gasteiger partial charge in [0, 0.05) is 19.5 Å². The van der Waals surface area contributed by atoms with Crippen molar-refractivity contribution in [1.29, 1.82) is 0 Å². The number of esters is 1. The molecule has 190 valence electrons. The molecule has 0 bridgehead atoms. The summed E-state index contributed by atoms with van der Waals surface area (Å²) >= 11 is 0. The SMILES string of the molecule is COC(=O)CCc1ccc(-n2c(C)nn(-c3ccc4c(c3)CCN(C(=O)C(F)(F)F)CC4)c2=O)cc1. The maximum Gasteiger partial charge on any atom is 0.471 e. The number of hydrogen-bond donors (Lipinski definition) is 0. The second-order valence-corrected chi connectivity index (χ2v) is 8.56. The third-order valence-electron chi connectivity index (χ3n) is 6.25. The van der Waals surface area contributed by atoms with Gasteiger partial charge in [-0.2, -0.15) is 17.9 Å². The fourth-order valence-corrected chi connectivity index (χ4v) is 4.32. The third-order valence-corrected chi connectivity index (χ3v) is 6.25. The van der Waals surface area contributed by atoms with E-state index >= 15 is 0 Å². The van der Waals surface area contributed by atoms with Gasteiger partial charge in [0.1, 0.15) is 5.82 Å². The first kappa shape index (κ1) is 25.2. The van der Waals surface area contributed by atoms with Gasteiger partial charge in [0.05, 0.1) is 18.5 Å². The maximum absolute atomic E-state index is 13.2. The maximum atomic E-state index is 13.2. The fourth-order valence-electron chi connectivity index (χ4n) is 4.32. The molecule has 36 heavy (non-hydrogen) atoms. The Kier molecular flexibility index (Phi) is 7.00. The van der Waals surface area contributed by atoms with E-state index in [0.29, 0.717) is 30.0 Å². The summed E-state index contributed by atoms with van der Waals surface area (Å²) in [6.45, 7) is 1.63. The van der Waals surface area contributed by atoms with E-state index in [1.165, 1.54) is 16.4 Å². The highest BCUT2D eigenvalue weighted by atomic mass is 19.4. The van der Waals surface area contributed by atoms with E-state index in [4.69, 9.17) is 0 Å². The number of fused-ring (bicyclic) bond motifs is 1. The molecule has 1 amide bonds. The molecule has 2 heterocycles. The van der Waals surface area contributed by atoms with Crippen molar-refractivity contribution in [3.8, 4) is 11.4 Å². The molecule has 8 nitrogen and oxygen atoms in total. The predicted octanol–water partition coefficient (Wildman–Crippen LogP) is 2.93. The van der Waals surface area contributed by atoms with Gasteiger partial charge in [-0.3, -0.25) is 9.59 Å². The number of alkyl halides is 3. The minimum absolute atomic E-state index is 0.0198. The summed E-state index contributed by atoms with van der Waals surface area (Å²) in [5.74, 6) is -1.68. The van der Waals surface area contributed by atoms with Crippen LogP contribution in [0.4, 0.5) is 13.2 Å². The molecule has 0 atom stereocenters. The Labute approximate surface area is 204 Å². The monoisotopic (exact) mass is 502 g/mol. The zero-order valence-corrected chi connectivity index (χ0v) is 19.8. The molecule has 0 spiro atoms. The highest BCUT2D eigenvalue weighted by molar-refractivity contribution is 5.82. The number of rotatable bonds is 5. The van der Waals surface area contributed by atoms with Gasteiger partial charge in [-0.1, -0.05) is 18.2 Å². The minimum Gasteiger partial charge on any atom is -0.469 e. The molecule has 0 fully saturated rings. The topological polar surface area (TPSA) is 86.4 Å². The lowest BCUT2D eigenvalue weighted by Crippen LogP contribution is -2.42. The Morgan fingerprint density at radius 2 is 1.64 bits per heavy atom. The number of halogens is 3. The van der Waals surface area contributed by atoms with Crippen molar-refractivity contribution in [3.05, 3.63) is 75.5 Å². The summed E-state index contributed by atoms with van der Waals surface area (Å²) in [6.07, 6.45) is -3.60. The zero-order chi connectivity index (χ0) is 26.0. The first-order chi connectivity index (χ1) is 17.1. The first-order valence-corrected chi connectivity index (χ1v) is 11.4. The molecule has 0 aliphatic carbocycles. The van der Waals surface area contributed by atoms with Crippen molar-refractivity contribution in [1.82, 2.24) is 19.2 Å². The second kappa shape index (κ2) is 10.00. The van der Waals surface area contributed by atoms with Crippen LogP contribution in [0.25, 0.3) is 11.4 Å². The van der Waals surface area contributed by atoms with Crippen molar-refractivity contribution < 1.29 is 27.5 Å². The van der Waals surface area contributed by atoms with E-state index in [0.717, 1.165) is 21.6 Å². The van der Waals surface area contributed by atoms with Crippen molar-refractivity contribution in [2.24, 2.45) is 0 Å². The number of methoxy groups -OCH3 is 1. The van der Waals surface area contributed by atoms with Crippen LogP contribution >= 0.6 is 0 Å². The van der Waals surface area contributed by atoms with E-state index in [2.05, 4.69) is 9.84 Å². The summed E-state index contributed by atoms with van der Waals surface area (Å²) < 4.78 is 45.9. The third kappa shape index (κ3) is 5.19. The molecular formula is C25H25F3N4O4. The Bertz CT molecular complexity index is 1340. The average Bonchev–Trinajstić information content (AvgIpc) is 3.02. The molecule has 0 unspecified atom stereocenters. The Hall–Kier alpha value is -3.89. The number of carbonyl (C=O) groups is 2. The van der Waals surface area contributed by atoms with Crippen molar-refractivity contribution in [3.63, 3.8) is 0 Å². The number of hydrogen-bond acceptors (Lipinski definition) is 5. The van der Waals surface area contributed by atoms with E-state index < -0.39 is 17.8 Å². The van der Waals surface area contributed by atoms with E-state index in [1.54, 1.807) is 37.3 Å². The van der Waals surface area contributed by atoms with Gasteiger partial charge in [0.25, 0.3) is 0 Å². The zero-order valence-electron chi connectivity index (χ0n) is 19.8. The molecule has 4 rings (SSSR count). The number of amides is 1. The highest BCUT2D eigenvalue weighted by Gasteiger charge is 2.42.